The summed E-state index contributed by atoms with van der Waals surface area (Å²) in [6.07, 6.45) is -6.29. The van der Waals surface area contributed by atoms with Crippen LogP contribution in [-0.2, 0) is 70.3 Å². The Morgan fingerprint density at radius 1 is 0.873 bits per heavy atom. The maximum absolute atomic E-state index is 13.4. The molecule has 1 N–H and O–H groups in total. The Bertz CT molecular complexity index is 1580. The van der Waals surface area contributed by atoms with E-state index < -0.39 is 78.5 Å². The molecule has 15 nitrogen and oxygen atoms in total. The molecule has 2 amide bonds. The van der Waals surface area contributed by atoms with E-state index in [0.29, 0.717) is 0 Å². The smallest absolute Gasteiger partial charge is 0.417 e. The van der Waals surface area contributed by atoms with Crippen molar-refractivity contribution in [3.8, 4) is 0 Å². The fourth-order valence-corrected chi connectivity index (χ4v) is 6.25. The van der Waals surface area contributed by atoms with E-state index >= 15 is 0 Å². The first-order valence-electron chi connectivity index (χ1n) is 18.1. The fourth-order valence-electron chi connectivity index (χ4n) is 6.25. The van der Waals surface area contributed by atoms with Crippen LogP contribution in [-0.4, -0.2) is 123 Å². The Morgan fingerprint density at radius 3 is 2.04 bits per heavy atom. The molecule has 0 radical (unpaired) electrons. The van der Waals surface area contributed by atoms with Crippen LogP contribution in [0.2, 0.25) is 0 Å². The van der Waals surface area contributed by atoms with Crippen LogP contribution in [0.15, 0.2) is 72.8 Å². The minimum absolute atomic E-state index is 0.0317. The number of aliphatic hydroxyl groups excluding tert-OH is 1. The first kappa shape index (κ1) is 43.4. The summed E-state index contributed by atoms with van der Waals surface area (Å²) >= 11 is 0. The van der Waals surface area contributed by atoms with Gasteiger partial charge in [0.25, 0.3) is 5.91 Å². The van der Waals surface area contributed by atoms with Crippen molar-refractivity contribution in [2.45, 2.75) is 95.8 Å². The summed E-state index contributed by atoms with van der Waals surface area (Å²) in [5.41, 5.74) is 1.82. The SMILES string of the molecule is CO[C@H]1O[C@H](CO)[C@@H](OCc2ccccc2)[C@H](OCc2ccccc2)[C@@H]1OCCCC(=O)C=CC(=O)[C@@H](OC(C)=O)[C@H](OC)C(=O)N1C(=O)OC[C@@H]1C(C)C. The van der Waals surface area contributed by atoms with E-state index in [2.05, 4.69) is 0 Å². The van der Waals surface area contributed by atoms with Gasteiger partial charge in [-0.05, 0) is 35.6 Å². The van der Waals surface area contributed by atoms with Gasteiger partial charge in [0.2, 0.25) is 0 Å². The molecule has 2 aliphatic heterocycles. The number of carbonyl (C=O) groups is 5. The number of allylic oxidation sites excluding steroid dienone is 1. The normalized spacial score (nSPS) is 23.8. The number of carbonyl (C=O) groups excluding carboxylic acids is 5. The summed E-state index contributed by atoms with van der Waals surface area (Å²) in [5, 5.41) is 10.3. The van der Waals surface area contributed by atoms with Crippen LogP contribution in [0.1, 0.15) is 44.7 Å². The Balaban J connectivity index is 1.41. The fraction of sp³-hybridized carbons (Fsp3) is 0.525. The number of nitrogens with zero attached hydrogens (tertiary/aromatic N) is 1. The predicted octanol–water partition coefficient (Wildman–Crippen LogP) is 3.33. The number of benzene rings is 2. The van der Waals surface area contributed by atoms with Crippen molar-refractivity contribution in [3.05, 3.63) is 83.9 Å². The van der Waals surface area contributed by atoms with Crippen LogP contribution in [0.4, 0.5) is 4.79 Å². The summed E-state index contributed by atoms with van der Waals surface area (Å²) in [7, 11) is 2.59. The van der Waals surface area contributed by atoms with Gasteiger partial charge >= 0.3 is 12.1 Å². The Hall–Kier alpha value is -4.35. The zero-order valence-corrected chi connectivity index (χ0v) is 31.8. The molecule has 15 heteroatoms. The molecule has 55 heavy (non-hydrogen) atoms. The van der Waals surface area contributed by atoms with E-state index in [9.17, 15) is 29.1 Å². The van der Waals surface area contributed by atoms with Crippen LogP contribution >= 0.6 is 0 Å². The molecule has 2 fully saturated rings. The zero-order valence-electron chi connectivity index (χ0n) is 31.8. The third kappa shape index (κ3) is 12.1. The molecule has 2 aliphatic rings. The lowest BCUT2D eigenvalue weighted by molar-refractivity contribution is -0.319. The van der Waals surface area contributed by atoms with Gasteiger partial charge in [-0.1, -0.05) is 74.5 Å². The van der Waals surface area contributed by atoms with Gasteiger partial charge in [-0.3, -0.25) is 19.2 Å². The molecule has 300 valence electrons. The second kappa shape index (κ2) is 21.7. The van der Waals surface area contributed by atoms with E-state index in [1.165, 1.54) is 7.11 Å². The molecular formula is C40H51NO14. The second-order valence-electron chi connectivity index (χ2n) is 13.4. The molecule has 0 unspecified atom stereocenters. The Kier molecular flexibility index (Phi) is 17.1. The average molecular weight is 770 g/mol. The number of ketones is 2. The van der Waals surface area contributed by atoms with Crippen LogP contribution < -0.4 is 0 Å². The van der Waals surface area contributed by atoms with Crippen molar-refractivity contribution in [2.75, 3.05) is 34.0 Å². The Labute approximate surface area is 320 Å². The number of methoxy groups -OCH3 is 2. The highest BCUT2D eigenvalue weighted by Crippen LogP contribution is 2.30. The van der Waals surface area contributed by atoms with Gasteiger partial charge in [0.05, 0.1) is 25.9 Å². The molecule has 4 rings (SSSR count). The van der Waals surface area contributed by atoms with E-state index in [-0.39, 0.29) is 51.8 Å². The van der Waals surface area contributed by atoms with Gasteiger partial charge in [-0.25, -0.2) is 9.69 Å². The van der Waals surface area contributed by atoms with Gasteiger partial charge in [0.1, 0.15) is 31.0 Å². The molecule has 2 saturated heterocycles. The quantitative estimate of drug-likeness (QED) is 0.111. The molecule has 0 spiro atoms. The van der Waals surface area contributed by atoms with Gasteiger partial charge in [-0.15, -0.1) is 0 Å². The van der Waals surface area contributed by atoms with Gasteiger partial charge in [0, 0.05) is 34.2 Å². The first-order chi connectivity index (χ1) is 26.5. The zero-order chi connectivity index (χ0) is 39.9. The predicted molar refractivity (Wildman–Crippen MR) is 194 cm³/mol. The van der Waals surface area contributed by atoms with E-state index in [1.807, 2.05) is 60.7 Å². The van der Waals surface area contributed by atoms with Gasteiger partial charge in [0.15, 0.2) is 30.1 Å². The first-order valence-corrected chi connectivity index (χ1v) is 18.1. The molecule has 2 heterocycles. The van der Waals surface area contributed by atoms with Gasteiger partial charge in [-0.2, -0.15) is 0 Å². The average Bonchev–Trinajstić information content (AvgIpc) is 3.58. The lowest BCUT2D eigenvalue weighted by Gasteiger charge is -2.45. The number of rotatable bonds is 21. The highest BCUT2D eigenvalue weighted by molar-refractivity contribution is 6.05. The standard InChI is InChI=1S/C40H51NO14/c1-25(2)30-24-53-40(47)41(30)38(46)36(48-4)33(54-26(3)43)31(45)19-18-29(44)17-12-20-50-37-35(52-23-28-15-10-7-11-16-28)34(32(21-42)55-39(37)49-5)51-22-27-13-8-6-9-14-27/h6-11,13-16,18-19,25,30,32-37,39,42H,12,17,20-24H2,1-5H3/t30-,32-,33-,34-,35+,36+,37+,39+/m1/s1. The topological polar surface area (TPSA) is 183 Å². The monoisotopic (exact) mass is 769 g/mol. The molecule has 8 atom stereocenters. The third-order valence-corrected chi connectivity index (χ3v) is 9.14. The summed E-state index contributed by atoms with van der Waals surface area (Å²) in [6, 6.07) is 18.5. The van der Waals surface area contributed by atoms with E-state index in [1.54, 1.807) is 13.8 Å². The van der Waals surface area contributed by atoms with Crippen molar-refractivity contribution in [1.29, 1.82) is 0 Å². The van der Waals surface area contributed by atoms with Crippen LogP contribution in [0.5, 0.6) is 0 Å². The van der Waals surface area contributed by atoms with E-state index in [0.717, 1.165) is 42.2 Å². The van der Waals surface area contributed by atoms with Crippen molar-refractivity contribution in [3.63, 3.8) is 0 Å². The summed E-state index contributed by atoms with van der Waals surface area (Å²) in [6.45, 7) is 4.75. The maximum Gasteiger partial charge on any atom is 0.417 e. The lowest BCUT2D eigenvalue weighted by Crippen LogP contribution is -2.61. The number of cyclic esters (lactones) is 1. The number of imide groups is 1. The molecule has 0 saturated carbocycles. The van der Waals surface area contributed by atoms with Crippen LogP contribution in [0.3, 0.4) is 0 Å². The number of hydrogen-bond donors (Lipinski definition) is 1. The van der Waals surface area contributed by atoms with E-state index in [4.69, 9.17) is 37.9 Å². The van der Waals surface area contributed by atoms with Crippen molar-refractivity contribution >= 4 is 29.5 Å². The molecule has 0 aliphatic carbocycles. The largest absolute Gasteiger partial charge is 0.451 e. The minimum atomic E-state index is -1.77. The highest BCUT2D eigenvalue weighted by Gasteiger charge is 2.49. The Morgan fingerprint density at radius 2 is 1.49 bits per heavy atom. The number of amides is 2. The number of esters is 1. The van der Waals surface area contributed by atoms with Crippen LogP contribution in [0, 0.1) is 5.92 Å². The van der Waals surface area contributed by atoms with Crippen molar-refractivity contribution < 1.29 is 67.0 Å². The number of hydrogen-bond acceptors (Lipinski definition) is 14. The number of aliphatic hydroxyl groups is 1. The molecule has 0 bridgehead atoms. The molecule has 2 aromatic carbocycles. The molecule has 2 aromatic rings. The summed E-state index contributed by atoms with van der Waals surface area (Å²) < 4.78 is 46.1. The second-order valence-corrected chi connectivity index (χ2v) is 13.4. The van der Waals surface area contributed by atoms with Crippen molar-refractivity contribution in [2.24, 2.45) is 5.92 Å². The molecule has 0 aromatic heterocycles. The highest BCUT2D eigenvalue weighted by atomic mass is 16.7. The van der Waals surface area contributed by atoms with Crippen LogP contribution in [0.25, 0.3) is 0 Å². The maximum atomic E-state index is 13.4. The lowest BCUT2D eigenvalue weighted by atomic mass is 9.98. The minimum Gasteiger partial charge on any atom is -0.451 e. The third-order valence-electron chi connectivity index (χ3n) is 9.14. The number of ether oxygens (including phenoxy) is 8. The summed E-state index contributed by atoms with van der Waals surface area (Å²) in [5.74, 6) is -3.30. The molecular weight excluding hydrogens is 718 g/mol. The summed E-state index contributed by atoms with van der Waals surface area (Å²) in [4.78, 5) is 64.8. The van der Waals surface area contributed by atoms with Gasteiger partial charge < -0.3 is 43.0 Å². The van der Waals surface area contributed by atoms with Crippen molar-refractivity contribution in [1.82, 2.24) is 4.90 Å².